The Labute approximate surface area is 190 Å². The number of carbonyl (C=O) groups excluding carboxylic acids is 1. The lowest BCUT2D eigenvalue weighted by atomic mass is 10.1. The lowest BCUT2D eigenvalue weighted by Gasteiger charge is -2.12. The van der Waals surface area contributed by atoms with Crippen molar-refractivity contribution in [3.8, 4) is 5.75 Å². The Balaban J connectivity index is 1.36. The summed E-state index contributed by atoms with van der Waals surface area (Å²) in [6.07, 6.45) is 3.62. The van der Waals surface area contributed by atoms with Gasteiger partial charge in [-0.05, 0) is 65.7 Å². The largest absolute Gasteiger partial charge is 0.488 e. The van der Waals surface area contributed by atoms with Gasteiger partial charge in [0.05, 0.1) is 5.56 Å². The van der Waals surface area contributed by atoms with E-state index in [1.165, 1.54) is 12.1 Å². The van der Waals surface area contributed by atoms with Crippen LogP contribution in [0.5, 0.6) is 5.75 Å². The Morgan fingerprint density at radius 1 is 0.906 bits per heavy atom. The Morgan fingerprint density at radius 2 is 1.69 bits per heavy atom. The molecule has 4 rings (SSSR count). The molecule has 0 fully saturated rings. The maximum Gasteiger partial charge on any atom is 0.259 e. The van der Waals surface area contributed by atoms with E-state index in [0.29, 0.717) is 17.0 Å². The van der Waals surface area contributed by atoms with Gasteiger partial charge in [0.2, 0.25) is 0 Å². The zero-order valence-electron chi connectivity index (χ0n) is 17.2. The molecule has 1 N–H and O–H groups in total. The summed E-state index contributed by atoms with van der Waals surface area (Å²) in [6.45, 7) is 0.243. The fourth-order valence-corrected chi connectivity index (χ4v) is 3.84. The van der Waals surface area contributed by atoms with Gasteiger partial charge in [0.15, 0.2) is 0 Å². The number of aromatic nitrogens is 1. The molecule has 0 bridgehead atoms. The van der Waals surface area contributed by atoms with Crippen LogP contribution in [0.2, 0.25) is 0 Å². The molecule has 160 valence electrons. The smallest absolute Gasteiger partial charge is 0.259 e. The first-order chi connectivity index (χ1) is 15.7. The van der Waals surface area contributed by atoms with Crippen molar-refractivity contribution >= 4 is 23.4 Å². The number of nitrogens with zero attached hydrogens (tertiary/aromatic N) is 1. The second-order valence-electron chi connectivity index (χ2n) is 7.04. The number of anilines is 1. The summed E-state index contributed by atoms with van der Waals surface area (Å²) in [5, 5.41) is 2.92. The molecule has 1 amide bonds. The molecule has 4 aromatic rings. The highest BCUT2D eigenvalue weighted by molar-refractivity contribution is 7.98. The monoisotopic (exact) mass is 444 g/mol. The van der Waals surface area contributed by atoms with Crippen molar-refractivity contribution in [2.75, 3.05) is 5.32 Å². The van der Waals surface area contributed by atoms with Gasteiger partial charge in [-0.2, -0.15) is 0 Å². The Kier molecular flexibility index (Phi) is 7.15. The van der Waals surface area contributed by atoms with Crippen LogP contribution in [0.1, 0.15) is 21.5 Å². The number of pyridine rings is 1. The minimum atomic E-state index is -0.296. The highest BCUT2D eigenvalue weighted by atomic mass is 32.2. The van der Waals surface area contributed by atoms with Gasteiger partial charge < -0.3 is 10.1 Å². The van der Waals surface area contributed by atoms with Gasteiger partial charge in [-0.1, -0.05) is 30.3 Å². The maximum atomic E-state index is 13.1. The van der Waals surface area contributed by atoms with E-state index in [0.717, 1.165) is 21.8 Å². The van der Waals surface area contributed by atoms with E-state index in [-0.39, 0.29) is 18.3 Å². The van der Waals surface area contributed by atoms with Crippen LogP contribution in [0.4, 0.5) is 10.1 Å². The van der Waals surface area contributed by atoms with Crippen LogP contribution < -0.4 is 10.1 Å². The predicted molar refractivity (Wildman–Crippen MR) is 125 cm³/mol. The van der Waals surface area contributed by atoms with E-state index in [9.17, 15) is 9.18 Å². The molecule has 3 aromatic carbocycles. The van der Waals surface area contributed by atoms with Gasteiger partial charge in [-0.15, -0.1) is 11.8 Å². The molecule has 0 aliphatic heterocycles. The highest BCUT2D eigenvalue weighted by Gasteiger charge is 2.13. The number of hydrogen-bond acceptors (Lipinski definition) is 4. The van der Waals surface area contributed by atoms with Crippen molar-refractivity contribution in [3.63, 3.8) is 0 Å². The third-order valence-electron chi connectivity index (χ3n) is 4.68. The van der Waals surface area contributed by atoms with E-state index in [1.807, 2.05) is 48.7 Å². The van der Waals surface area contributed by atoms with Gasteiger partial charge in [0.1, 0.15) is 18.2 Å². The summed E-state index contributed by atoms with van der Waals surface area (Å²) in [6, 6.07) is 24.8. The second-order valence-corrected chi connectivity index (χ2v) is 8.09. The highest BCUT2D eigenvalue weighted by Crippen LogP contribution is 2.25. The van der Waals surface area contributed by atoms with Crippen molar-refractivity contribution in [2.24, 2.45) is 0 Å². The molecule has 1 heterocycles. The number of halogens is 1. The number of thioether (sulfide) groups is 1. The first-order valence-corrected chi connectivity index (χ1v) is 11.1. The molecular formula is C26H21FN2O2S. The third-order valence-corrected chi connectivity index (χ3v) is 5.76. The SMILES string of the molecule is O=C(Nc1ccc(SCc2cccnc2)cc1)c1ccccc1OCc1ccc(F)cc1. The fraction of sp³-hybridized carbons (Fsp3) is 0.0769. The van der Waals surface area contributed by atoms with Gasteiger partial charge >= 0.3 is 0 Å². The Bertz CT molecular complexity index is 1170. The van der Waals surface area contributed by atoms with E-state index in [1.54, 1.807) is 48.3 Å². The standard InChI is InChI=1S/C26H21FN2O2S/c27-21-9-7-19(8-10-21)17-31-25-6-2-1-5-24(25)26(30)29-22-11-13-23(14-12-22)32-18-20-4-3-15-28-16-20/h1-16H,17-18H2,(H,29,30). The summed E-state index contributed by atoms with van der Waals surface area (Å²) in [7, 11) is 0. The van der Waals surface area contributed by atoms with Gasteiger partial charge in [-0.3, -0.25) is 9.78 Å². The molecule has 0 saturated heterocycles. The molecule has 32 heavy (non-hydrogen) atoms. The van der Waals surface area contributed by atoms with Crippen LogP contribution in [0.15, 0.2) is 102 Å². The number of rotatable bonds is 8. The normalized spacial score (nSPS) is 10.5. The lowest BCUT2D eigenvalue weighted by Crippen LogP contribution is -2.13. The number of nitrogens with one attached hydrogen (secondary N) is 1. The minimum Gasteiger partial charge on any atom is -0.488 e. The van der Waals surface area contributed by atoms with Gasteiger partial charge in [0.25, 0.3) is 5.91 Å². The molecule has 0 aliphatic rings. The van der Waals surface area contributed by atoms with Crippen molar-refractivity contribution in [3.05, 3.63) is 120 Å². The summed E-state index contributed by atoms with van der Waals surface area (Å²) in [4.78, 5) is 18.1. The number of para-hydroxylation sites is 1. The number of carbonyl (C=O) groups is 1. The van der Waals surface area contributed by atoms with Crippen LogP contribution in [-0.4, -0.2) is 10.9 Å². The predicted octanol–water partition coefficient (Wildman–Crippen LogP) is 6.34. The van der Waals surface area contributed by atoms with E-state index < -0.39 is 0 Å². The van der Waals surface area contributed by atoms with Gasteiger partial charge in [0, 0.05) is 28.7 Å². The average molecular weight is 445 g/mol. The quantitative estimate of drug-likeness (QED) is 0.322. The third kappa shape index (κ3) is 5.95. The Hall–Kier alpha value is -3.64. The molecule has 0 atom stereocenters. The number of benzene rings is 3. The van der Waals surface area contributed by atoms with Crippen molar-refractivity contribution in [1.29, 1.82) is 0 Å². The molecule has 0 saturated carbocycles. The first-order valence-electron chi connectivity index (χ1n) is 10.1. The minimum absolute atomic E-state index is 0.243. The van der Waals surface area contributed by atoms with Crippen LogP contribution >= 0.6 is 11.8 Å². The summed E-state index contributed by atoms with van der Waals surface area (Å²) < 4.78 is 18.9. The summed E-state index contributed by atoms with van der Waals surface area (Å²) in [5.74, 6) is 0.752. The van der Waals surface area contributed by atoms with Crippen molar-refractivity contribution in [2.45, 2.75) is 17.3 Å². The zero-order chi connectivity index (χ0) is 22.2. The zero-order valence-corrected chi connectivity index (χ0v) is 18.0. The van der Waals surface area contributed by atoms with Crippen LogP contribution in [0, 0.1) is 5.82 Å². The van der Waals surface area contributed by atoms with E-state index in [4.69, 9.17) is 4.74 Å². The molecule has 6 heteroatoms. The topological polar surface area (TPSA) is 51.2 Å². The van der Waals surface area contributed by atoms with Crippen LogP contribution in [0.25, 0.3) is 0 Å². The molecular weight excluding hydrogens is 423 g/mol. The molecule has 0 spiro atoms. The maximum absolute atomic E-state index is 13.1. The average Bonchev–Trinajstić information content (AvgIpc) is 2.84. The fourth-order valence-electron chi connectivity index (χ4n) is 3.00. The molecule has 0 unspecified atom stereocenters. The van der Waals surface area contributed by atoms with Crippen molar-refractivity contribution < 1.29 is 13.9 Å². The van der Waals surface area contributed by atoms with Gasteiger partial charge in [-0.25, -0.2) is 4.39 Å². The number of amides is 1. The summed E-state index contributed by atoms with van der Waals surface area (Å²) in [5.41, 5.74) is 3.12. The molecule has 4 nitrogen and oxygen atoms in total. The lowest BCUT2D eigenvalue weighted by molar-refractivity contribution is 0.102. The first kappa shape index (κ1) is 21.6. The van der Waals surface area contributed by atoms with Crippen molar-refractivity contribution in [1.82, 2.24) is 4.98 Å². The molecule has 1 aromatic heterocycles. The van der Waals surface area contributed by atoms with E-state index >= 15 is 0 Å². The van der Waals surface area contributed by atoms with Crippen LogP contribution in [-0.2, 0) is 12.4 Å². The number of ether oxygens (including phenoxy) is 1. The molecule has 0 radical (unpaired) electrons. The van der Waals surface area contributed by atoms with E-state index in [2.05, 4.69) is 10.3 Å². The van der Waals surface area contributed by atoms with Crippen LogP contribution in [0.3, 0.4) is 0 Å². The molecule has 0 aliphatic carbocycles. The summed E-state index contributed by atoms with van der Waals surface area (Å²) >= 11 is 1.71. The second kappa shape index (κ2) is 10.6. The number of hydrogen-bond donors (Lipinski definition) is 1. The Morgan fingerprint density at radius 3 is 2.44 bits per heavy atom.